The zero-order valence-corrected chi connectivity index (χ0v) is 24.4. The predicted molar refractivity (Wildman–Crippen MR) is 158 cm³/mol. The Morgan fingerprint density at radius 1 is 1.10 bits per heavy atom. The lowest BCUT2D eigenvalue weighted by Gasteiger charge is -2.30. The predicted octanol–water partition coefficient (Wildman–Crippen LogP) is 6.84. The van der Waals surface area contributed by atoms with Crippen LogP contribution in [-0.2, 0) is 22.5 Å². The van der Waals surface area contributed by atoms with Crippen molar-refractivity contribution in [3.05, 3.63) is 82.4 Å². The van der Waals surface area contributed by atoms with E-state index in [9.17, 15) is 9.90 Å². The largest absolute Gasteiger partial charge is 0.485 e. The first-order valence-corrected chi connectivity index (χ1v) is 15.5. The fourth-order valence-corrected chi connectivity index (χ4v) is 7.57. The lowest BCUT2D eigenvalue weighted by molar-refractivity contribution is -0.142. The summed E-state index contributed by atoms with van der Waals surface area (Å²) in [5.41, 5.74) is 6.69. The maximum absolute atomic E-state index is 15.1. The van der Waals surface area contributed by atoms with Gasteiger partial charge in [0.15, 0.2) is 0 Å². The number of halogens is 1. The molecule has 3 aromatic rings. The molecule has 5 atom stereocenters. The molecule has 220 valence electrons. The Balaban J connectivity index is 1.20. The number of ether oxygens (including phenoxy) is 2. The first kappa shape index (κ1) is 27.5. The smallest absolute Gasteiger partial charge is 0.306 e. The maximum atomic E-state index is 15.1. The van der Waals surface area contributed by atoms with E-state index in [4.69, 9.17) is 9.47 Å². The molecule has 0 amide bonds. The zero-order valence-electron chi connectivity index (χ0n) is 24.4. The fraction of sp³-hybridized carbons (Fsp3) is 0.486. The van der Waals surface area contributed by atoms with Gasteiger partial charge in [0, 0.05) is 37.0 Å². The van der Waals surface area contributed by atoms with Gasteiger partial charge in [0.2, 0.25) is 0 Å². The number of likely N-dealkylation sites (tertiary alicyclic amines) is 1. The molecular weight excluding hydrogens is 531 g/mol. The molecule has 3 aliphatic heterocycles. The fourth-order valence-electron chi connectivity index (χ4n) is 7.57. The number of aromatic nitrogens is 1. The van der Waals surface area contributed by atoms with E-state index < -0.39 is 11.9 Å². The van der Waals surface area contributed by atoms with Crippen molar-refractivity contribution in [1.29, 1.82) is 0 Å². The highest BCUT2D eigenvalue weighted by Crippen LogP contribution is 2.48. The summed E-state index contributed by atoms with van der Waals surface area (Å²) in [5, 5.41) is 9.77. The topological polar surface area (TPSA) is 71.9 Å². The van der Waals surface area contributed by atoms with Crippen molar-refractivity contribution < 1.29 is 23.8 Å². The Bertz CT molecular complexity index is 1500. The van der Waals surface area contributed by atoms with E-state index in [1.54, 1.807) is 0 Å². The second-order valence-corrected chi connectivity index (χ2v) is 12.7. The van der Waals surface area contributed by atoms with Crippen LogP contribution in [-0.4, -0.2) is 46.3 Å². The van der Waals surface area contributed by atoms with Crippen LogP contribution in [0.5, 0.6) is 5.75 Å². The van der Waals surface area contributed by atoms with E-state index in [0.29, 0.717) is 23.6 Å². The molecule has 42 heavy (non-hydrogen) atoms. The summed E-state index contributed by atoms with van der Waals surface area (Å²) >= 11 is 0. The number of nitrogens with zero attached hydrogens (tertiary/aromatic N) is 2. The lowest BCUT2D eigenvalue weighted by Crippen LogP contribution is -2.31. The number of benzene rings is 2. The Morgan fingerprint density at radius 2 is 1.95 bits per heavy atom. The van der Waals surface area contributed by atoms with Crippen molar-refractivity contribution in [1.82, 2.24) is 9.88 Å². The third-order valence-electron chi connectivity index (χ3n) is 9.98. The first-order valence-electron chi connectivity index (χ1n) is 15.5. The number of fused-ring (bicyclic) bond motifs is 2. The van der Waals surface area contributed by atoms with Crippen LogP contribution in [0.4, 0.5) is 4.39 Å². The number of hydrogen-bond donors (Lipinski definition) is 1. The molecule has 0 radical (unpaired) electrons. The van der Waals surface area contributed by atoms with Crippen LogP contribution in [0.3, 0.4) is 0 Å². The summed E-state index contributed by atoms with van der Waals surface area (Å²) < 4.78 is 27.7. The van der Waals surface area contributed by atoms with Crippen LogP contribution in [0.15, 0.2) is 48.7 Å². The Labute approximate surface area is 246 Å². The minimum Gasteiger partial charge on any atom is -0.485 e. The van der Waals surface area contributed by atoms with Crippen LogP contribution in [0.25, 0.3) is 11.1 Å². The molecule has 0 spiro atoms. The summed E-state index contributed by atoms with van der Waals surface area (Å²) in [6.07, 6.45) is 7.48. The normalized spacial score (nSPS) is 25.0. The molecule has 1 saturated carbocycles. The number of aryl methyl sites for hydroxylation is 2. The molecule has 2 aromatic carbocycles. The van der Waals surface area contributed by atoms with Crippen molar-refractivity contribution in [2.45, 2.75) is 83.1 Å². The van der Waals surface area contributed by atoms with Gasteiger partial charge in [-0.15, -0.1) is 0 Å². The van der Waals surface area contributed by atoms with E-state index in [1.165, 1.54) is 11.8 Å². The average molecular weight is 571 g/mol. The highest BCUT2D eigenvalue weighted by molar-refractivity contribution is 5.71. The SMILES string of the molecule is Cc1cc(-c2ccc(C3CCc4ccc([C@H](C5CC5)[C@H](C)C(=O)O)cc4O3)cc2CN2CCC3OCCC32)c(F)cn1. The van der Waals surface area contributed by atoms with Crippen molar-refractivity contribution in [3.8, 4) is 16.9 Å². The van der Waals surface area contributed by atoms with Crippen molar-refractivity contribution in [2.75, 3.05) is 13.2 Å². The average Bonchev–Trinajstić information content (AvgIpc) is 3.58. The minimum absolute atomic E-state index is 0.00484. The third-order valence-corrected chi connectivity index (χ3v) is 9.98. The second kappa shape index (κ2) is 11.1. The number of carbonyl (C=O) groups is 1. The van der Waals surface area contributed by atoms with Crippen LogP contribution in [0.2, 0.25) is 0 Å². The number of carboxylic acid groups (broad SMARTS) is 1. The van der Waals surface area contributed by atoms with Crippen molar-refractivity contribution >= 4 is 5.97 Å². The van der Waals surface area contributed by atoms with Crippen LogP contribution in [0.1, 0.15) is 79.0 Å². The molecule has 2 saturated heterocycles. The van der Waals surface area contributed by atoms with Crippen LogP contribution >= 0.6 is 0 Å². The van der Waals surface area contributed by atoms with E-state index in [0.717, 1.165) is 91.9 Å². The second-order valence-electron chi connectivity index (χ2n) is 12.7. The molecule has 4 aliphatic rings. The van der Waals surface area contributed by atoms with Crippen LogP contribution in [0, 0.1) is 24.6 Å². The molecule has 7 heteroatoms. The monoisotopic (exact) mass is 570 g/mol. The van der Waals surface area contributed by atoms with E-state index in [1.807, 2.05) is 26.0 Å². The molecule has 3 fully saturated rings. The van der Waals surface area contributed by atoms with Crippen LogP contribution < -0.4 is 4.74 Å². The quantitative estimate of drug-likeness (QED) is 0.320. The summed E-state index contributed by atoms with van der Waals surface area (Å²) in [5.74, 6) is -0.196. The van der Waals surface area contributed by atoms with E-state index >= 15 is 4.39 Å². The van der Waals surface area contributed by atoms with Gasteiger partial charge in [0.25, 0.3) is 0 Å². The Kier molecular flexibility index (Phi) is 7.27. The number of rotatable bonds is 8. The summed E-state index contributed by atoms with van der Waals surface area (Å²) in [7, 11) is 0. The molecule has 3 unspecified atom stereocenters. The third kappa shape index (κ3) is 5.22. The molecule has 1 aromatic heterocycles. The molecule has 1 aliphatic carbocycles. The highest BCUT2D eigenvalue weighted by Gasteiger charge is 2.40. The van der Waals surface area contributed by atoms with Gasteiger partial charge in [-0.2, -0.15) is 0 Å². The maximum Gasteiger partial charge on any atom is 0.306 e. The van der Waals surface area contributed by atoms with Gasteiger partial charge in [-0.1, -0.05) is 37.3 Å². The Morgan fingerprint density at radius 3 is 2.76 bits per heavy atom. The van der Waals surface area contributed by atoms with Gasteiger partial charge in [-0.05, 0) is 97.2 Å². The highest BCUT2D eigenvalue weighted by atomic mass is 19.1. The van der Waals surface area contributed by atoms with E-state index in [2.05, 4.69) is 40.2 Å². The number of carboxylic acids is 1. The number of pyridine rings is 1. The number of hydrogen-bond acceptors (Lipinski definition) is 5. The standard InChI is InChI=1S/C35H39FN2O4/c1-20-15-28(29(36)18-37-20)27-9-7-24(16-26(27)19-38-13-11-32-30(38)12-14-41-32)31-10-8-22-3-6-25(17-33(22)42-31)34(23-4-5-23)21(2)35(39)40/h3,6-7,9,15-18,21,23,30-32,34H,4-5,8,10-14,19H2,1-2H3,(H,39,40)/t21-,30?,31?,32?,34-/m0/s1. The first-order chi connectivity index (χ1) is 20.4. The van der Waals surface area contributed by atoms with Crippen molar-refractivity contribution in [2.24, 2.45) is 11.8 Å². The van der Waals surface area contributed by atoms with Gasteiger partial charge in [-0.3, -0.25) is 14.7 Å². The van der Waals surface area contributed by atoms with Gasteiger partial charge in [0.05, 0.1) is 18.2 Å². The lowest BCUT2D eigenvalue weighted by atomic mass is 9.82. The van der Waals surface area contributed by atoms with E-state index in [-0.39, 0.29) is 17.8 Å². The van der Waals surface area contributed by atoms with Gasteiger partial charge >= 0.3 is 5.97 Å². The minimum atomic E-state index is -0.745. The summed E-state index contributed by atoms with van der Waals surface area (Å²) in [6, 6.07) is 14.9. The summed E-state index contributed by atoms with van der Waals surface area (Å²) in [6.45, 7) is 6.23. The molecule has 0 bridgehead atoms. The number of aliphatic carboxylic acids is 1. The molecule has 1 N–H and O–H groups in total. The van der Waals surface area contributed by atoms with Gasteiger partial charge in [0.1, 0.15) is 17.7 Å². The molecular formula is C35H39FN2O4. The van der Waals surface area contributed by atoms with Gasteiger partial charge < -0.3 is 14.6 Å². The Hall–Kier alpha value is -3.29. The summed E-state index contributed by atoms with van der Waals surface area (Å²) in [4.78, 5) is 18.5. The zero-order chi connectivity index (χ0) is 29.0. The van der Waals surface area contributed by atoms with Crippen molar-refractivity contribution in [3.63, 3.8) is 0 Å². The molecule has 7 rings (SSSR count). The molecule has 6 nitrogen and oxygen atoms in total. The van der Waals surface area contributed by atoms with Gasteiger partial charge in [-0.25, -0.2) is 4.39 Å². The molecule has 4 heterocycles.